The molecule has 0 radical (unpaired) electrons. The van der Waals surface area contributed by atoms with Gasteiger partial charge < -0.3 is 14.8 Å². The van der Waals surface area contributed by atoms with Crippen molar-refractivity contribution >= 4 is 40.7 Å². The Kier molecular flexibility index (Phi) is 5.79. The molecule has 3 amide bonds. The van der Waals surface area contributed by atoms with Gasteiger partial charge in [0.1, 0.15) is 35.6 Å². The average molecular weight is 531 g/mol. The van der Waals surface area contributed by atoms with Crippen LogP contribution in [0.25, 0.3) is 0 Å². The Bertz CT molecular complexity index is 1480. The summed E-state index contributed by atoms with van der Waals surface area (Å²) in [5, 5.41) is 3.50. The Morgan fingerprint density at radius 2 is 1.71 bits per heavy atom. The molecule has 8 nitrogen and oxygen atoms in total. The third-order valence-electron chi connectivity index (χ3n) is 7.01. The van der Waals surface area contributed by atoms with Crippen molar-refractivity contribution in [1.82, 2.24) is 4.90 Å². The zero-order valence-corrected chi connectivity index (χ0v) is 22.2. The van der Waals surface area contributed by atoms with Gasteiger partial charge in [-0.3, -0.25) is 19.6 Å². The number of carbonyl (C=O) groups excluding carboxylic acids is 2. The number of amides is 3. The lowest BCUT2D eigenvalue weighted by Gasteiger charge is -2.42. The molecule has 3 aromatic carbocycles. The molecule has 0 aliphatic carbocycles. The molecule has 194 valence electrons. The van der Waals surface area contributed by atoms with Gasteiger partial charge in [0.15, 0.2) is 0 Å². The highest BCUT2D eigenvalue weighted by Crippen LogP contribution is 2.54. The topological polar surface area (TPSA) is 83.5 Å². The first-order chi connectivity index (χ1) is 18.3. The number of hydrogen-bond donors (Lipinski definition) is 1. The smallest absolute Gasteiger partial charge is 0.331 e. The monoisotopic (exact) mass is 530 g/mol. The Morgan fingerprint density at radius 3 is 2.37 bits per heavy atom. The van der Waals surface area contributed by atoms with Crippen molar-refractivity contribution < 1.29 is 19.1 Å². The van der Waals surface area contributed by atoms with Crippen molar-refractivity contribution in [1.29, 1.82) is 0 Å². The van der Waals surface area contributed by atoms with Crippen LogP contribution in [-0.2, 0) is 4.79 Å². The van der Waals surface area contributed by atoms with Gasteiger partial charge in [-0.2, -0.15) is 0 Å². The van der Waals surface area contributed by atoms with Crippen molar-refractivity contribution in [2.24, 2.45) is 4.99 Å². The van der Waals surface area contributed by atoms with E-state index in [4.69, 9.17) is 26.1 Å². The van der Waals surface area contributed by atoms with Crippen LogP contribution in [0.5, 0.6) is 11.5 Å². The highest BCUT2D eigenvalue weighted by atomic mass is 35.5. The van der Waals surface area contributed by atoms with Gasteiger partial charge in [0.2, 0.25) is 5.91 Å². The number of ether oxygens (including phenoxy) is 2. The molecule has 0 spiro atoms. The Balaban J connectivity index is 1.63. The number of fused-ring (bicyclic) bond motifs is 2. The summed E-state index contributed by atoms with van der Waals surface area (Å²) in [6.07, 6.45) is -0.145. The van der Waals surface area contributed by atoms with Crippen LogP contribution >= 0.6 is 11.6 Å². The maximum Gasteiger partial charge on any atom is 0.331 e. The van der Waals surface area contributed by atoms with Crippen LogP contribution in [0.1, 0.15) is 48.2 Å². The summed E-state index contributed by atoms with van der Waals surface area (Å²) in [4.78, 5) is 35.4. The number of urea groups is 1. The fraction of sp³-hybridized carbons (Fsp3) is 0.276. The fourth-order valence-corrected chi connectivity index (χ4v) is 5.50. The number of hydrogen-bond acceptors (Lipinski definition) is 5. The zero-order chi connectivity index (χ0) is 26.7. The second-order valence-electron chi connectivity index (χ2n) is 9.93. The molecule has 38 heavy (non-hydrogen) atoms. The van der Waals surface area contributed by atoms with Gasteiger partial charge in [-0.25, -0.2) is 4.79 Å². The lowest BCUT2D eigenvalue weighted by atomic mass is 9.92. The summed E-state index contributed by atoms with van der Waals surface area (Å²) in [6, 6.07) is 16.2. The number of halogens is 1. The number of benzene rings is 3. The SMILES string of the molecule is COc1cc(OC(C)C)c2c3c1NC(=O)CN3C(=O)N1C2=NC(c2ccc(C)cc2)C1c1ccc(Cl)cc1. The van der Waals surface area contributed by atoms with Crippen LogP contribution in [0.4, 0.5) is 16.2 Å². The van der Waals surface area contributed by atoms with Gasteiger partial charge >= 0.3 is 6.03 Å². The minimum absolute atomic E-state index is 0.126. The first-order valence-corrected chi connectivity index (χ1v) is 12.9. The van der Waals surface area contributed by atoms with Gasteiger partial charge in [0.05, 0.1) is 30.5 Å². The number of nitrogens with zero attached hydrogens (tertiary/aromatic N) is 3. The van der Waals surface area contributed by atoms with E-state index < -0.39 is 6.04 Å². The second-order valence-corrected chi connectivity index (χ2v) is 10.4. The average Bonchev–Trinajstić information content (AvgIpc) is 3.28. The van der Waals surface area contributed by atoms with Crippen LogP contribution in [0, 0.1) is 6.92 Å². The number of methoxy groups -OCH3 is 1. The molecule has 3 aromatic rings. The molecular weight excluding hydrogens is 504 g/mol. The van der Waals surface area contributed by atoms with E-state index in [0.717, 1.165) is 16.7 Å². The van der Waals surface area contributed by atoms with E-state index in [-0.39, 0.29) is 30.6 Å². The summed E-state index contributed by atoms with van der Waals surface area (Å²) >= 11 is 6.22. The molecule has 0 fully saturated rings. The lowest BCUT2D eigenvalue weighted by Crippen LogP contribution is -2.55. The molecule has 1 N–H and O–H groups in total. The molecular formula is C29H27ClN4O4. The second kappa shape index (κ2) is 9.06. The largest absolute Gasteiger partial charge is 0.494 e. The van der Waals surface area contributed by atoms with Crippen molar-refractivity contribution in [3.8, 4) is 11.5 Å². The van der Waals surface area contributed by atoms with Crippen LogP contribution < -0.4 is 19.7 Å². The van der Waals surface area contributed by atoms with Crippen molar-refractivity contribution in [3.63, 3.8) is 0 Å². The predicted molar refractivity (Wildman–Crippen MR) is 147 cm³/mol. The van der Waals surface area contributed by atoms with Gasteiger partial charge in [-0.05, 0) is 44.0 Å². The van der Waals surface area contributed by atoms with Crippen LogP contribution in [-0.4, -0.2) is 42.4 Å². The summed E-state index contributed by atoms with van der Waals surface area (Å²) in [7, 11) is 1.52. The lowest BCUT2D eigenvalue weighted by molar-refractivity contribution is -0.115. The molecule has 0 saturated carbocycles. The number of nitrogens with one attached hydrogen (secondary N) is 1. The molecule has 9 heteroatoms. The molecule has 3 aliphatic rings. The van der Waals surface area contributed by atoms with Gasteiger partial charge in [0.25, 0.3) is 0 Å². The third kappa shape index (κ3) is 3.79. The summed E-state index contributed by atoms with van der Waals surface area (Å²) in [6.45, 7) is 5.78. The Morgan fingerprint density at radius 1 is 1.03 bits per heavy atom. The normalized spacial score (nSPS) is 19.7. The molecule has 3 aliphatic heterocycles. The maximum absolute atomic E-state index is 14.2. The van der Waals surface area contributed by atoms with Crippen LogP contribution in [0.3, 0.4) is 0 Å². The highest BCUT2D eigenvalue weighted by molar-refractivity contribution is 6.30. The Hall–Kier alpha value is -4.04. The fourth-order valence-electron chi connectivity index (χ4n) is 5.38. The number of carbonyl (C=O) groups is 2. The minimum atomic E-state index is -0.451. The molecule has 3 heterocycles. The number of aliphatic imine (C=N–C) groups is 1. The molecule has 2 unspecified atom stereocenters. The van der Waals surface area contributed by atoms with E-state index >= 15 is 0 Å². The minimum Gasteiger partial charge on any atom is -0.494 e. The van der Waals surface area contributed by atoms with E-state index in [0.29, 0.717) is 39.3 Å². The standard InChI is InChI=1S/C29H27ClN4O4/c1-15(2)38-20-13-21(37-4)25-27-23(20)28-32-24(17-7-5-16(3)6-8-17)26(18-9-11-19(30)12-10-18)34(28)29(36)33(27)14-22(35)31-25/h5-13,15,24,26H,14H2,1-4H3,(H,31,35). The van der Waals surface area contributed by atoms with E-state index in [1.165, 1.54) is 12.0 Å². The first-order valence-electron chi connectivity index (χ1n) is 12.5. The number of rotatable bonds is 5. The van der Waals surface area contributed by atoms with Gasteiger partial charge in [0, 0.05) is 11.1 Å². The Labute approximate surface area is 225 Å². The van der Waals surface area contributed by atoms with E-state index in [1.807, 2.05) is 69.3 Å². The van der Waals surface area contributed by atoms with Crippen LogP contribution in [0.2, 0.25) is 5.02 Å². The highest BCUT2D eigenvalue weighted by Gasteiger charge is 2.51. The van der Waals surface area contributed by atoms with Crippen molar-refractivity contribution in [2.75, 3.05) is 23.9 Å². The summed E-state index contributed by atoms with van der Waals surface area (Å²) in [5.41, 5.74) is 4.63. The van der Waals surface area contributed by atoms with E-state index in [9.17, 15) is 9.59 Å². The van der Waals surface area contributed by atoms with Crippen LogP contribution in [0.15, 0.2) is 59.6 Å². The summed E-state index contributed by atoms with van der Waals surface area (Å²) in [5.74, 6) is 1.15. The predicted octanol–water partition coefficient (Wildman–Crippen LogP) is 5.88. The molecule has 6 rings (SSSR count). The number of anilines is 2. The zero-order valence-electron chi connectivity index (χ0n) is 21.5. The molecule has 2 atom stereocenters. The maximum atomic E-state index is 14.2. The first kappa shape index (κ1) is 24.3. The van der Waals surface area contributed by atoms with Crippen molar-refractivity contribution in [3.05, 3.63) is 81.9 Å². The van der Waals surface area contributed by atoms with E-state index in [1.54, 1.807) is 11.0 Å². The third-order valence-corrected chi connectivity index (χ3v) is 7.26. The molecule has 0 saturated heterocycles. The number of aryl methyl sites for hydroxylation is 1. The molecule has 0 bridgehead atoms. The summed E-state index contributed by atoms with van der Waals surface area (Å²) < 4.78 is 11.9. The quantitative estimate of drug-likeness (QED) is 0.446. The van der Waals surface area contributed by atoms with Crippen molar-refractivity contribution in [2.45, 2.75) is 39.0 Å². The molecule has 0 aromatic heterocycles. The number of amidine groups is 1. The van der Waals surface area contributed by atoms with Gasteiger partial charge in [-0.15, -0.1) is 0 Å². The van der Waals surface area contributed by atoms with Gasteiger partial charge in [-0.1, -0.05) is 53.6 Å². The van der Waals surface area contributed by atoms with E-state index in [2.05, 4.69) is 5.32 Å².